The summed E-state index contributed by atoms with van der Waals surface area (Å²) in [5, 5.41) is 0.668. The predicted octanol–water partition coefficient (Wildman–Crippen LogP) is 2.85. The third-order valence-corrected chi connectivity index (χ3v) is 3.68. The van der Waals surface area contributed by atoms with Gasteiger partial charge in [-0.05, 0) is 36.8 Å². The van der Waals surface area contributed by atoms with Crippen LogP contribution in [-0.4, -0.2) is 22.8 Å². The van der Waals surface area contributed by atoms with Crippen molar-refractivity contribution in [2.75, 3.05) is 12.5 Å². The summed E-state index contributed by atoms with van der Waals surface area (Å²) in [5.41, 5.74) is 3.88. The van der Waals surface area contributed by atoms with E-state index in [1.165, 1.54) is 0 Å². The standard InChI is InChI=1S/C15H17ClN4O/c1-10(11-5-7-12(16)8-6-11)20(2)15(21)13-4-3-9-18-14(13)19-17/h3-10H,17H2,1-2H3,(H,18,19). The molecule has 1 heterocycles. The van der Waals surface area contributed by atoms with Crippen LogP contribution in [0.25, 0.3) is 0 Å². The highest BCUT2D eigenvalue weighted by molar-refractivity contribution is 6.30. The number of benzene rings is 1. The molecule has 0 aliphatic carbocycles. The number of nitrogens with one attached hydrogen (secondary N) is 1. The molecule has 110 valence electrons. The number of hydrogen-bond acceptors (Lipinski definition) is 4. The van der Waals surface area contributed by atoms with E-state index < -0.39 is 0 Å². The van der Waals surface area contributed by atoms with Crippen molar-refractivity contribution in [3.63, 3.8) is 0 Å². The van der Waals surface area contributed by atoms with Crippen molar-refractivity contribution in [1.29, 1.82) is 0 Å². The fourth-order valence-corrected chi connectivity index (χ4v) is 2.15. The number of pyridine rings is 1. The predicted molar refractivity (Wildman–Crippen MR) is 84.0 cm³/mol. The van der Waals surface area contributed by atoms with E-state index in [2.05, 4.69) is 10.4 Å². The molecule has 6 heteroatoms. The van der Waals surface area contributed by atoms with Crippen LogP contribution >= 0.6 is 11.6 Å². The number of nitrogens with two attached hydrogens (primary N) is 1. The summed E-state index contributed by atoms with van der Waals surface area (Å²) < 4.78 is 0. The van der Waals surface area contributed by atoms with E-state index >= 15 is 0 Å². The van der Waals surface area contributed by atoms with Gasteiger partial charge in [0.1, 0.15) is 0 Å². The topological polar surface area (TPSA) is 71.2 Å². The highest BCUT2D eigenvalue weighted by Gasteiger charge is 2.21. The lowest BCUT2D eigenvalue weighted by molar-refractivity contribution is 0.0743. The first-order valence-electron chi connectivity index (χ1n) is 6.49. The maximum atomic E-state index is 12.6. The van der Waals surface area contributed by atoms with Crippen LogP contribution in [0, 0.1) is 0 Å². The second kappa shape index (κ2) is 6.56. The van der Waals surface area contributed by atoms with Crippen molar-refractivity contribution in [2.24, 2.45) is 5.84 Å². The van der Waals surface area contributed by atoms with Gasteiger partial charge in [-0.15, -0.1) is 0 Å². The van der Waals surface area contributed by atoms with Gasteiger partial charge in [-0.25, -0.2) is 10.8 Å². The number of nitrogens with zero attached hydrogens (tertiary/aromatic N) is 2. The average Bonchev–Trinajstić information content (AvgIpc) is 2.53. The van der Waals surface area contributed by atoms with Gasteiger partial charge in [0.25, 0.3) is 5.91 Å². The summed E-state index contributed by atoms with van der Waals surface area (Å²) in [4.78, 5) is 18.3. The van der Waals surface area contributed by atoms with E-state index in [0.29, 0.717) is 16.4 Å². The lowest BCUT2D eigenvalue weighted by Gasteiger charge is -2.26. The molecular formula is C15H17ClN4O. The largest absolute Gasteiger partial charge is 0.335 e. The molecule has 2 rings (SSSR count). The normalized spacial score (nSPS) is 11.8. The molecule has 1 aromatic carbocycles. The minimum absolute atomic E-state index is 0.0967. The van der Waals surface area contributed by atoms with Crippen molar-refractivity contribution in [2.45, 2.75) is 13.0 Å². The van der Waals surface area contributed by atoms with E-state index in [4.69, 9.17) is 17.4 Å². The van der Waals surface area contributed by atoms with Gasteiger partial charge in [-0.1, -0.05) is 23.7 Å². The molecule has 1 unspecified atom stereocenters. The van der Waals surface area contributed by atoms with Crippen LogP contribution in [0.5, 0.6) is 0 Å². The minimum atomic E-state index is -0.154. The van der Waals surface area contributed by atoms with Crippen molar-refractivity contribution < 1.29 is 4.79 Å². The molecule has 0 bridgehead atoms. The SMILES string of the molecule is CC(c1ccc(Cl)cc1)N(C)C(=O)c1cccnc1NN. The first kappa shape index (κ1) is 15.3. The maximum Gasteiger partial charge on any atom is 0.257 e. The molecule has 21 heavy (non-hydrogen) atoms. The zero-order valence-corrected chi connectivity index (χ0v) is 12.6. The molecule has 0 spiro atoms. The van der Waals surface area contributed by atoms with E-state index in [0.717, 1.165) is 5.56 Å². The van der Waals surface area contributed by atoms with Crippen LogP contribution in [0.4, 0.5) is 5.82 Å². The Bertz CT molecular complexity index is 630. The zero-order chi connectivity index (χ0) is 15.4. The Hall–Kier alpha value is -2.11. The Balaban J connectivity index is 2.24. The van der Waals surface area contributed by atoms with Crippen molar-refractivity contribution in [3.05, 3.63) is 58.7 Å². The van der Waals surface area contributed by atoms with Gasteiger partial charge < -0.3 is 10.3 Å². The first-order chi connectivity index (χ1) is 10.0. The number of halogens is 1. The van der Waals surface area contributed by atoms with Gasteiger partial charge in [0.2, 0.25) is 0 Å². The summed E-state index contributed by atoms with van der Waals surface area (Å²) in [6.45, 7) is 1.95. The van der Waals surface area contributed by atoms with Crippen LogP contribution in [0.1, 0.15) is 28.9 Å². The lowest BCUT2D eigenvalue weighted by atomic mass is 10.1. The molecule has 1 amide bonds. The average molecular weight is 305 g/mol. The number of amides is 1. The number of nitrogen functional groups attached to an aromatic ring is 1. The number of rotatable bonds is 4. The van der Waals surface area contributed by atoms with Crippen LogP contribution < -0.4 is 11.3 Å². The number of hydrogen-bond donors (Lipinski definition) is 2. The summed E-state index contributed by atoms with van der Waals surface area (Å²) in [6.07, 6.45) is 1.58. The highest BCUT2D eigenvalue weighted by atomic mass is 35.5. The number of hydrazine groups is 1. The Morgan fingerprint density at radius 3 is 2.62 bits per heavy atom. The molecular weight excluding hydrogens is 288 g/mol. The smallest absolute Gasteiger partial charge is 0.257 e. The van der Waals surface area contributed by atoms with Gasteiger partial charge in [0.15, 0.2) is 5.82 Å². The van der Waals surface area contributed by atoms with Gasteiger partial charge in [-0.3, -0.25) is 4.79 Å². The van der Waals surface area contributed by atoms with Gasteiger partial charge in [0.05, 0.1) is 11.6 Å². The Labute approximate surface area is 128 Å². The fourth-order valence-electron chi connectivity index (χ4n) is 2.02. The second-order valence-electron chi connectivity index (χ2n) is 4.69. The Morgan fingerprint density at radius 2 is 2.00 bits per heavy atom. The third kappa shape index (κ3) is 3.32. The molecule has 0 aliphatic heterocycles. The highest BCUT2D eigenvalue weighted by Crippen LogP contribution is 2.23. The molecule has 0 radical (unpaired) electrons. The number of aromatic nitrogens is 1. The second-order valence-corrected chi connectivity index (χ2v) is 5.12. The monoisotopic (exact) mass is 304 g/mol. The molecule has 0 saturated heterocycles. The van der Waals surface area contributed by atoms with Gasteiger partial charge in [-0.2, -0.15) is 0 Å². The summed E-state index contributed by atoms with van der Waals surface area (Å²) in [7, 11) is 1.74. The maximum absolute atomic E-state index is 12.6. The van der Waals surface area contributed by atoms with Crippen LogP contribution in [0.15, 0.2) is 42.6 Å². The molecule has 0 fully saturated rings. The molecule has 5 nitrogen and oxygen atoms in total. The number of carbonyl (C=O) groups excluding carboxylic acids is 1. The van der Waals surface area contributed by atoms with Gasteiger partial charge >= 0.3 is 0 Å². The molecule has 1 aromatic heterocycles. The summed E-state index contributed by atoms with van der Waals surface area (Å²) >= 11 is 5.88. The Morgan fingerprint density at radius 1 is 1.33 bits per heavy atom. The first-order valence-corrected chi connectivity index (χ1v) is 6.86. The van der Waals surface area contributed by atoms with Crippen molar-refractivity contribution in [3.8, 4) is 0 Å². The Kier molecular flexibility index (Phi) is 4.77. The van der Waals surface area contributed by atoms with E-state index in [-0.39, 0.29) is 11.9 Å². The van der Waals surface area contributed by atoms with Crippen molar-refractivity contribution in [1.82, 2.24) is 9.88 Å². The molecule has 3 N–H and O–H groups in total. The minimum Gasteiger partial charge on any atom is -0.335 e. The fraction of sp³-hybridized carbons (Fsp3) is 0.200. The molecule has 0 aliphatic rings. The third-order valence-electron chi connectivity index (χ3n) is 3.43. The number of carbonyl (C=O) groups is 1. The summed E-state index contributed by atoms with van der Waals surface area (Å²) in [5.74, 6) is 5.60. The van der Waals surface area contributed by atoms with E-state index in [1.807, 2.05) is 31.2 Å². The van der Waals surface area contributed by atoms with Crippen LogP contribution in [0.3, 0.4) is 0 Å². The zero-order valence-electron chi connectivity index (χ0n) is 11.9. The van der Waals surface area contributed by atoms with Crippen LogP contribution in [-0.2, 0) is 0 Å². The molecule has 0 saturated carbocycles. The van der Waals surface area contributed by atoms with Crippen molar-refractivity contribution >= 4 is 23.3 Å². The van der Waals surface area contributed by atoms with E-state index in [9.17, 15) is 4.79 Å². The van der Waals surface area contributed by atoms with Crippen LogP contribution in [0.2, 0.25) is 5.02 Å². The van der Waals surface area contributed by atoms with Gasteiger partial charge in [0, 0.05) is 18.3 Å². The van der Waals surface area contributed by atoms with E-state index in [1.54, 1.807) is 30.3 Å². The molecule has 2 aromatic rings. The molecule has 1 atom stereocenters. The number of anilines is 1. The lowest BCUT2D eigenvalue weighted by Crippen LogP contribution is -2.30. The summed E-state index contributed by atoms with van der Waals surface area (Å²) in [6, 6.07) is 10.7. The quantitative estimate of drug-likeness (QED) is 0.673.